The van der Waals surface area contributed by atoms with Crippen LogP contribution in [0.1, 0.15) is 17.1 Å². The minimum absolute atomic E-state index is 0.300. The van der Waals surface area contributed by atoms with E-state index in [1.54, 1.807) is 6.07 Å². The van der Waals surface area contributed by atoms with E-state index in [0.29, 0.717) is 11.8 Å². The second-order valence-corrected chi connectivity index (χ2v) is 4.23. The van der Waals surface area contributed by atoms with E-state index in [2.05, 4.69) is 27.0 Å². The first-order valence-corrected chi connectivity index (χ1v) is 5.82. The number of aryl methyl sites for hydroxylation is 3. The molecule has 0 atom stereocenters. The lowest BCUT2D eigenvalue weighted by Gasteiger charge is -2.07. The number of nitrogens with zero attached hydrogens (tertiary/aromatic N) is 4. The zero-order valence-electron chi connectivity index (χ0n) is 11.1. The second-order valence-electron chi connectivity index (χ2n) is 4.23. The van der Waals surface area contributed by atoms with E-state index in [1.807, 2.05) is 26.8 Å². The highest BCUT2D eigenvalue weighted by Gasteiger charge is 2.12. The number of anilines is 1. The summed E-state index contributed by atoms with van der Waals surface area (Å²) < 4.78 is 1.51. The summed E-state index contributed by atoms with van der Waals surface area (Å²) in [6, 6.07) is 3.63. The van der Waals surface area contributed by atoms with Gasteiger partial charge in [0.2, 0.25) is 5.91 Å². The average Bonchev–Trinajstić information content (AvgIpc) is 2.68. The molecular formula is C13H15N5O. The zero-order chi connectivity index (χ0) is 14.0. The van der Waals surface area contributed by atoms with Crippen LogP contribution in [0.2, 0.25) is 0 Å². The first kappa shape index (κ1) is 12.9. The highest BCUT2D eigenvalue weighted by molar-refractivity contribution is 5.98. The van der Waals surface area contributed by atoms with Gasteiger partial charge < -0.3 is 5.32 Å². The molecule has 6 nitrogen and oxygen atoms in total. The van der Waals surface area contributed by atoms with Crippen molar-refractivity contribution < 1.29 is 4.79 Å². The van der Waals surface area contributed by atoms with Gasteiger partial charge in [0.1, 0.15) is 5.82 Å². The van der Waals surface area contributed by atoms with Crippen molar-refractivity contribution in [3.8, 4) is 5.95 Å². The molecule has 0 saturated carbocycles. The summed E-state index contributed by atoms with van der Waals surface area (Å²) in [7, 11) is 0. The quantitative estimate of drug-likeness (QED) is 0.850. The van der Waals surface area contributed by atoms with Gasteiger partial charge in [0.05, 0.1) is 5.69 Å². The third kappa shape index (κ3) is 2.85. The van der Waals surface area contributed by atoms with Crippen LogP contribution >= 0.6 is 0 Å². The predicted molar refractivity (Wildman–Crippen MR) is 72.2 cm³/mol. The van der Waals surface area contributed by atoms with Gasteiger partial charge in [-0.05, 0) is 32.9 Å². The Balaban J connectivity index is 2.49. The van der Waals surface area contributed by atoms with E-state index in [0.717, 1.165) is 17.1 Å². The van der Waals surface area contributed by atoms with Crippen molar-refractivity contribution in [1.29, 1.82) is 0 Å². The molecule has 0 unspecified atom stereocenters. The van der Waals surface area contributed by atoms with Crippen molar-refractivity contribution in [3.05, 3.63) is 41.9 Å². The first-order valence-electron chi connectivity index (χ1n) is 5.82. The molecule has 0 aliphatic rings. The second kappa shape index (κ2) is 5.01. The maximum atomic E-state index is 11.4. The van der Waals surface area contributed by atoms with Crippen molar-refractivity contribution in [1.82, 2.24) is 19.7 Å². The van der Waals surface area contributed by atoms with E-state index in [4.69, 9.17) is 0 Å². The highest BCUT2D eigenvalue weighted by atomic mass is 16.1. The molecule has 98 valence electrons. The molecule has 0 saturated heterocycles. The Labute approximate surface area is 111 Å². The van der Waals surface area contributed by atoms with E-state index < -0.39 is 0 Å². The lowest BCUT2D eigenvalue weighted by Crippen LogP contribution is -2.14. The number of hydrogen-bond acceptors (Lipinski definition) is 4. The van der Waals surface area contributed by atoms with Gasteiger partial charge in [-0.2, -0.15) is 9.78 Å². The van der Waals surface area contributed by atoms with E-state index in [-0.39, 0.29) is 5.91 Å². The molecule has 2 aromatic rings. The lowest BCUT2D eigenvalue weighted by atomic mass is 10.4. The molecule has 0 bridgehead atoms. The topological polar surface area (TPSA) is 72.7 Å². The Bertz CT molecular complexity index is 624. The smallest absolute Gasteiger partial charge is 0.252 e. The molecule has 1 N–H and O–H groups in total. The molecule has 0 aliphatic carbocycles. The fraction of sp³-hybridized carbons (Fsp3) is 0.231. The van der Waals surface area contributed by atoms with E-state index >= 15 is 0 Å². The largest absolute Gasteiger partial charge is 0.307 e. The molecule has 2 aromatic heterocycles. The lowest BCUT2D eigenvalue weighted by molar-refractivity contribution is -0.111. The van der Waals surface area contributed by atoms with Crippen LogP contribution in [0.3, 0.4) is 0 Å². The fourth-order valence-corrected chi connectivity index (χ4v) is 1.72. The number of carbonyl (C=O) groups is 1. The van der Waals surface area contributed by atoms with Crippen molar-refractivity contribution in [3.63, 3.8) is 0 Å². The molecule has 0 aromatic carbocycles. The minimum Gasteiger partial charge on any atom is -0.307 e. The number of hydrogen-bond donors (Lipinski definition) is 1. The predicted octanol–water partition coefficient (Wildman–Crippen LogP) is 1.71. The maximum Gasteiger partial charge on any atom is 0.252 e. The molecule has 6 heteroatoms. The van der Waals surface area contributed by atoms with Gasteiger partial charge in [-0.1, -0.05) is 6.58 Å². The van der Waals surface area contributed by atoms with Gasteiger partial charge >= 0.3 is 0 Å². The Morgan fingerprint density at radius 3 is 2.42 bits per heavy atom. The van der Waals surface area contributed by atoms with Gasteiger partial charge in [0.25, 0.3) is 5.95 Å². The van der Waals surface area contributed by atoms with Crippen LogP contribution in [0.5, 0.6) is 0 Å². The molecule has 1 amide bonds. The van der Waals surface area contributed by atoms with Crippen LogP contribution in [0.25, 0.3) is 5.95 Å². The summed E-state index contributed by atoms with van der Waals surface area (Å²) in [6.45, 7) is 9.03. The number of aromatic nitrogens is 4. The summed E-state index contributed by atoms with van der Waals surface area (Å²) in [4.78, 5) is 20.0. The standard InChI is InChI=1S/C13H15N5O/c1-5-12(19)16-11-7-10(4)17-18(11)13-14-8(2)6-9(3)15-13/h5-7H,1H2,2-4H3,(H,16,19). The van der Waals surface area contributed by atoms with Gasteiger partial charge in [-0.15, -0.1) is 0 Å². The van der Waals surface area contributed by atoms with Crippen LogP contribution in [0.4, 0.5) is 5.82 Å². The molecule has 0 spiro atoms. The Morgan fingerprint density at radius 1 is 1.21 bits per heavy atom. The number of nitrogens with one attached hydrogen (secondary N) is 1. The SMILES string of the molecule is C=CC(=O)Nc1cc(C)nn1-c1nc(C)cc(C)n1. The summed E-state index contributed by atoms with van der Waals surface area (Å²) >= 11 is 0. The fourth-order valence-electron chi connectivity index (χ4n) is 1.72. The first-order chi connectivity index (χ1) is 8.99. The monoisotopic (exact) mass is 257 g/mol. The molecule has 0 radical (unpaired) electrons. The Morgan fingerprint density at radius 2 is 1.84 bits per heavy atom. The zero-order valence-corrected chi connectivity index (χ0v) is 11.1. The van der Waals surface area contributed by atoms with E-state index in [1.165, 1.54) is 10.8 Å². The van der Waals surface area contributed by atoms with Crippen molar-refractivity contribution in [2.75, 3.05) is 5.32 Å². The van der Waals surface area contributed by atoms with Gasteiger partial charge in [0.15, 0.2) is 0 Å². The summed E-state index contributed by atoms with van der Waals surface area (Å²) in [5.74, 6) is 0.655. The van der Waals surface area contributed by atoms with Gasteiger partial charge in [-0.3, -0.25) is 4.79 Å². The van der Waals surface area contributed by atoms with Crippen molar-refractivity contribution >= 4 is 11.7 Å². The summed E-state index contributed by atoms with van der Waals surface area (Å²) in [5.41, 5.74) is 2.45. The van der Waals surface area contributed by atoms with Gasteiger partial charge in [-0.25, -0.2) is 9.97 Å². The average molecular weight is 257 g/mol. The minimum atomic E-state index is -0.300. The van der Waals surface area contributed by atoms with E-state index in [9.17, 15) is 4.79 Å². The van der Waals surface area contributed by atoms with Gasteiger partial charge in [0, 0.05) is 17.5 Å². The number of carbonyl (C=O) groups excluding carboxylic acids is 1. The number of rotatable bonds is 3. The Kier molecular flexibility index (Phi) is 3.41. The summed E-state index contributed by atoms with van der Waals surface area (Å²) in [5, 5.41) is 6.98. The van der Waals surface area contributed by atoms with Crippen molar-refractivity contribution in [2.45, 2.75) is 20.8 Å². The third-order valence-electron chi connectivity index (χ3n) is 2.43. The molecule has 0 fully saturated rings. The van der Waals surface area contributed by atoms with Crippen LogP contribution in [-0.2, 0) is 4.79 Å². The van der Waals surface area contributed by atoms with Crippen LogP contribution in [0.15, 0.2) is 24.8 Å². The number of amides is 1. The molecule has 2 rings (SSSR count). The summed E-state index contributed by atoms with van der Waals surface area (Å²) in [6.07, 6.45) is 1.20. The Hall–Kier alpha value is -2.50. The normalized spacial score (nSPS) is 10.3. The maximum absolute atomic E-state index is 11.4. The highest BCUT2D eigenvalue weighted by Crippen LogP contribution is 2.15. The molecule has 19 heavy (non-hydrogen) atoms. The van der Waals surface area contributed by atoms with Crippen LogP contribution in [0, 0.1) is 20.8 Å². The molecular weight excluding hydrogens is 242 g/mol. The third-order valence-corrected chi connectivity index (χ3v) is 2.43. The van der Waals surface area contributed by atoms with Crippen LogP contribution < -0.4 is 5.32 Å². The van der Waals surface area contributed by atoms with Crippen LogP contribution in [-0.4, -0.2) is 25.7 Å². The molecule has 2 heterocycles. The van der Waals surface area contributed by atoms with Crippen molar-refractivity contribution in [2.24, 2.45) is 0 Å². The molecule has 0 aliphatic heterocycles.